The Morgan fingerprint density at radius 3 is 3.13 bits per heavy atom. The molecule has 0 radical (unpaired) electrons. The van der Waals surface area contributed by atoms with Gasteiger partial charge in [0, 0.05) is 17.8 Å². The van der Waals surface area contributed by atoms with Crippen LogP contribution in [0.25, 0.3) is 0 Å². The first-order valence-corrected chi connectivity index (χ1v) is 4.51. The standard InChI is InChI=1S/C11H9N3O/c12-5-9-2-1-3-11(4-9)13-6-10-7-14-15-8-10/h1-4,7-8,13H,6H2. The van der Waals surface area contributed by atoms with Crippen molar-refractivity contribution in [2.45, 2.75) is 6.54 Å². The third-order valence-corrected chi connectivity index (χ3v) is 1.97. The molecule has 0 saturated heterocycles. The van der Waals surface area contributed by atoms with Crippen LogP contribution >= 0.6 is 0 Å². The van der Waals surface area contributed by atoms with E-state index < -0.39 is 0 Å². The van der Waals surface area contributed by atoms with Crippen LogP contribution in [0.4, 0.5) is 5.69 Å². The molecule has 2 rings (SSSR count). The van der Waals surface area contributed by atoms with Crippen LogP contribution in [0.15, 0.2) is 41.2 Å². The van der Waals surface area contributed by atoms with E-state index in [1.807, 2.05) is 12.1 Å². The van der Waals surface area contributed by atoms with Crippen LogP contribution in [0.1, 0.15) is 11.1 Å². The Morgan fingerprint density at radius 1 is 1.47 bits per heavy atom. The number of anilines is 1. The highest BCUT2D eigenvalue weighted by Gasteiger charge is 1.97. The fourth-order valence-corrected chi connectivity index (χ4v) is 1.22. The maximum atomic E-state index is 8.71. The summed E-state index contributed by atoms with van der Waals surface area (Å²) in [6, 6.07) is 9.41. The second-order valence-corrected chi connectivity index (χ2v) is 3.08. The summed E-state index contributed by atoms with van der Waals surface area (Å²) in [7, 11) is 0. The van der Waals surface area contributed by atoms with Gasteiger partial charge in [-0.05, 0) is 18.2 Å². The number of benzene rings is 1. The van der Waals surface area contributed by atoms with E-state index >= 15 is 0 Å². The van der Waals surface area contributed by atoms with Gasteiger partial charge in [-0.1, -0.05) is 11.2 Å². The van der Waals surface area contributed by atoms with Gasteiger partial charge in [0.2, 0.25) is 0 Å². The molecule has 0 saturated carbocycles. The molecule has 1 aromatic heterocycles. The third-order valence-electron chi connectivity index (χ3n) is 1.97. The number of aromatic nitrogens is 1. The van der Waals surface area contributed by atoms with Crippen molar-refractivity contribution >= 4 is 5.69 Å². The molecule has 0 spiro atoms. The Bertz CT molecular complexity index is 471. The van der Waals surface area contributed by atoms with Crippen LogP contribution in [0.5, 0.6) is 0 Å². The quantitative estimate of drug-likeness (QED) is 0.822. The van der Waals surface area contributed by atoms with E-state index in [0.29, 0.717) is 12.1 Å². The summed E-state index contributed by atoms with van der Waals surface area (Å²) in [5.41, 5.74) is 2.53. The van der Waals surface area contributed by atoms with E-state index in [4.69, 9.17) is 9.78 Å². The van der Waals surface area contributed by atoms with E-state index in [0.717, 1.165) is 11.3 Å². The van der Waals surface area contributed by atoms with Crippen molar-refractivity contribution in [3.63, 3.8) is 0 Å². The molecule has 0 amide bonds. The minimum absolute atomic E-state index is 0.637. The molecule has 1 aromatic carbocycles. The fraction of sp³-hybridized carbons (Fsp3) is 0.0909. The van der Waals surface area contributed by atoms with Crippen molar-refractivity contribution in [2.75, 3.05) is 5.32 Å². The molecule has 2 aromatic rings. The summed E-state index contributed by atoms with van der Waals surface area (Å²) in [6.07, 6.45) is 3.24. The zero-order chi connectivity index (χ0) is 10.5. The van der Waals surface area contributed by atoms with Gasteiger partial charge in [-0.25, -0.2) is 0 Å². The predicted octanol–water partition coefficient (Wildman–Crippen LogP) is 2.16. The van der Waals surface area contributed by atoms with E-state index in [1.165, 1.54) is 0 Å². The van der Waals surface area contributed by atoms with Crippen molar-refractivity contribution < 1.29 is 4.52 Å². The van der Waals surface area contributed by atoms with Crippen LogP contribution in [0.3, 0.4) is 0 Å². The Hall–Kier alpha value is -2.28. The number of hydrogen-bond donors (Lipinski definition) is 1. The van der Waals surface area contributed by atoms with E-state index in [9.17, 15) is 0 Å². The molecule has 4 heteroatoms. The topological polar surface area (TPSA) is 61.9 Å². The molecule has 0 aliphatic rings. The number of hydrogen-bond acceptors (Lipinski definition) is 4. The monoisotopic (exact) mass is 199 g/mol. The predicted molar refractivity (Wildman–Crippen MR) is 55.0 cm³/mol. The molecule has 0 atom stereocenters. The smallest absolute Gasteiger partial charge is 0.128 e. The molecular weight excluding hydrogens is 190 g/mol. The lowest BCUT2D eigenvalue weighted by atomic mass is 10.2. The van der Waals surface area contributed by atoms with Gasteiger partial charge in [0.15, 0.2) is 0 Å². The summed E-state index contributed by atoms with van der Waals surface area (Å²) < 4.78 is 4.71. The van der Waals surface area contributed by atoms with Crippen molar-refractivity contribution in [1.29, 1.82) is 5.26 Å². The number of nitrogens with zero attached hydrogens (tertiary/aromatic N) is 2. The highest BCUT2D eigenvalue weighted by Crippen LogP contribution is 2.11. The largest absolute Gasteiger partial charge is 0.381 e. The summed E-state index contributed by atoms with van der Waals surface area (Å²) >= 11 is 0. The first-order chi connectivity index (χ1) is 7.38. The molecule has 0 aliphatic heterocycles. The minimum Gasteiger partial charge on any atom is -0.381 e. The van der Waals surface area contributed by atoms with Gasteiger partial charge < -0.3 is 9.84 Å². The molecule has 4 nitrogen and oxygen atoms in total. The maximum Gasteiger partial charge on any atom is 0.128 e. The average Bonchev–Trinajstić information content (AvgIpc) is 2.79. The summed E-state index contributed by atoms with van der Waals surface area (Å²) in [5.74, 6) is 0. The molecule has 1 heterocycles. The zero-order valence-electron chi connectivity index (χ0n) is 7.97. The summed E-state index contributed by atoms with van der Waals surface area (Å²) in [5, 5.41) is 15.5. The Labute approximate surface area is 87.1 Å². The lowest BCUT2D eigenvalue weighted by Crippen LogP contribution is -1.97. The van der Waals surface area contributed by atoms with Crippen molar-refractivity contribution in [3.8, 4) is 6.07 Å². The molecular formula is C11H9N3O. The first-order valence-electron chi connectivity index (χ1n) is 4.51. The summed E-state index contributed by atoms with van der Waals surface area (Å²) in [4.78, 5) is 0. The summed E-state index contributed by atoms with van der Waals surface area (Å²) in [6.45, 7) is 0.637. The van der Waals surface area contributed by atoms with Gasteiger partial charge >= 0.3 is 0 Å². The number of nitrogens with one attached hydrogen (secondary N) is 1. The SMILES string of the molecule is N#Cc1cccc(NCc2cnoc2)c1. The fourth-order valence-electron chi connectivity index (χ4n) is 1.22. The van der Waals surface area contributed by atoms with Gasteiger partial charge in [-0.3, -0.25) is 0 Å². The zero-order valence-corrected chi connectivity index (χ0v) is 7.97. The van der Waals surface area contributed by atoms with E-state index in [2.05, 4.69) is 16.5 Å². The van der Waals surface area contributed by atoms with Crippen molar-refractivity contribution in [2.24, 2.45) is 0 Å². The molecule has 0 aliphatic carbocycles. The van der Waals surface area contributed by atoms with Gasteiger partial charge in [0.05, 0.1) is 17.8 Å². The molecule has 74 valence electrons. The lowest BCUT2D eigenvalue weighted by Gasteiger charge is -2.03. The highest BCUT2D eigenvalue weighted by molar-refractivity contribution is 5.49. The van der Waals surface area contributed by atoms with Crippen LogP contribution in [0.2, 0.25) is 0 Å². The van der Waals surface area contributed by atoms with Crippen LogP contribution in [0, 0.1) is 11.3 Å². The number of nitriles is 1. The van der Waals surface area contributed by atoms with Crippen LogP contribution in [-0.4, -0.2) is 5.16 Å². The second-order valence-electron chi connectivity index (χ2n) is 3.08. The number of rotatable bonds is 3. The Kier molecular flexibility index (Phi) is 2.65. The van der Waals surface area contributed by atoms with Gasteiger partial charge in [-0.2, -0.15) is 5.26 Å². The Morgan fingerprint density at radius 2 is 2.40 bits per heavy atom. The van der Waals surface area contributed by atoms with Gasteiger partial charge in [0.25, 0.3) is 0 Å². The first kappa shape index (κ1) is 9.28. The highest BCUT2D eigenvalue weighted by atomic mass is 16.5. The minimum atomic E-state index is 0.637. The molecule has 15 heavy (non-hydrogen) atoms. The van der Waals surface area contributed by atoms with Crippen molar-refractivity contribution in [3.05, 3.63) is 47.9 Å². The normalized spacial score (nSPS) is 9.53. The lowest BCUT2D eigenvalue weighted by molar-refractivity contribution is 0.419. The third kappa shape index (κ3) is 2.35. The van der Waals surface area contributed by atoms with Crippen LogP contribution < -0.4 is 5.32 Å². The van der Waals surface area contributed by atoms with E-state index in [1.54, 1.807) is 24.6 Å². The second kappa shape index (κ2) is 4.29. The van der Waals surface area contributed by atoms with Crippen LogP contribution in [-0.2, 0) is 6.54 Å². The Balaban J connectivity index is 2.02. The molecule has 0 bridgehead atoms. The average molecular weight is 199 g/mol. The van der Waals surface area contributed by atoms with E-state index in [-0.39, 0.29) is 0 Å². The maximum absolute atomic E-state index is 8.71. The molecule has 0 unspecified atom stereocenters. The molecule has 0 fully saturated rings. The van der Waals surface area contributed by atoms with Crippen molar-refractivity contribution in [1.82, 2.24) is 5.16 Å². The molecule has 1 N–H and O–H groups in total. The van der Waals surface area contributed by atoms with Gasteiger partial charge in [-0.15, -0.1) is 0 Å². The van der Waals surface area contributed by atoms with Gasteiger partial charge in [0.1, 0.15) is 6.26 Å².